The van der Waals surface area contributed by atoms with Gasteiger partial charge in [-0.15, -0.1) is 19.7 Å². The molecule has 1 aromatic carbocycles. The molecule has 17 heavy (non-hydrogen) atoms. The summed E-state index contributed by atoms with van der Waals surface area (Å²) in [6.45, 7) is 13.7. The average Bonchev–Trinajstić information content (AvgIpc) is 2.33. The van der Waals surface area contributed by atoms with Crippen LogP contribution in [0.2, 0.25) is 0 Å². The normalized spacial score (nSPS) is 9.94. The van der Waals surface area contributed by atoms with Crippen LogP contribution in [0.3, 0.4) is 0 Å². The number of allylic oxidation sites excluding steroid dienone is 3. The topological polar surface area (TPSA) is 0 Å². The van der Waals surface area contributed by atoms with Crippen molar-refractivity contribution >= 4 is 0 Å². The summed E-state index contributed by atoms with van der Waals surface area (Å²) in [7, 11) is 0. The minimum atomic E-state index is 0.927. The highest BCUT2D eigenvalue weighted by atomic mass is 14.1. The predicted octanol–water partition coefficient (Wildman–Crippen LogP) is 4.43. The summed E-state index contributed by atoms with van der Waals surface area (Å²) in [6, 6.07) is 4.60. The van der Waals surface area contributed by atoms with Crippen LogP contribution in [0.4, 0.5) is 0 Å². The van der Waals surface area contributed by atoms with Crippen LogP contribution in [0.15, 0.2) is 50.1 Å². The Labute approximate surface area is 105 Å². The summed E-state index contributed by atoms with van der Waals surface area (Å²) in [4.78, 5) is 0. The van der Waals surface area contributed by atoms with Crippen molar-refractivity contribution in [2.45, 2.75) is 32.6 Å². The molecule has 0 nitrogen and oxygen atoms in total. The quantitative estimate of drug-likeness (QED) is 0.603. The second-order valence-electron chi connectivity index (χ2n) is 4.22. The fourth-order valence-electron chi connectivity index (χ4n) is 2.16. The van der Waals surface area contributed by atoms with Gasteiger partial charge in [0.05, 0.1) is 0 Å². The molecular weight excluding hydrogens is 204 g/mol. The summed E-state index contributed by atoms with van der Waals surface area (Å²) in [6.07, 6.45) is 9.78. The van der Waals surface area contributed by atoms with Gasteiger partial charge in [-0.25, -0.2) is 0 Å². The first-order valence-electron chi connectivity index (χ1n) is 6.23. The Kier molecular flexibility index (Phi) is 5.48. The lowest BCUT2D eigenvalue weighted by atomic mass is 9.91. The summed E-state index contributed by atoms with van der Waals surface area (Å²) in [5.74, 6) is 0. The van der Waals surface area contributed by atoms with Crippen LogP contribution in [-0.4, -0.2) is 0 Å². The van der Waals surface area contributed by atoms with E-state index >= 15 is 0 Å². The third-order valence-electron chi connectivity index (χ3n) is 2.98. The molecule has 90 valence electrons. The fraction of sp³-hybridized carbons (Fsp3) is 0.294. The molecule has 0 amide bonds. The summed E-state index contributed by atoms with van der Waals surface area (Å²) >= 11 is 0. The highest BCUT2D eigenvalue weighted by Crippen LogP contribution is 2.21. The molecule has 0 fully saturated rings. The fourth-order valence-corrected chi connectivity index (χ4v) is 2.16. The van der Waals surface area contributed by atoms with Crippen LogP contribution >= 0.6 is 0 Å². The summed E-state index contributed by atoms with van der Waals surface area (Å²) in [5.41, 5.74) is 5.57. The molecule has 0 atom stereocenters. The molecular formula is C17H22. The van der Waals surface area contributed by atoms with Gasteiger partial charge in [0.2, 0.25) is 0 Å². The van der Waals surface area contributed by atoms with Gasteiger partial charge in [0, 0.05) is 0 Å². The maximum absolute atomic E-state index is 3.85. The molecule has 0 aliphatic rings. The van der Waals surface area contributed by atoms with Crippen molar-refractivity contribution in [1.29, 1.82) is 0 Å². The molecule has 0 saturated heterocycles. The lowest BCUT2D eigenvalue weighted by Gasteiger charge is -2.14. The van der Waals surface area contributed by atoms with Gasteiger partial charge in [-0.2, -0.15) is 0 Å². The Balaban J connectivity index is 3.30. The highest BCUT2D eigenvalue weighted by molar-refractivity contribution is 5.42. The highest BCUT2D eigenvalue weighted by Gasteiger charge is 2.07. The first kappa shape index (κ1) is 13.5. The van der Waals surface area contributed by atoms with Gasteiger partial charge >= 0.3 is 0 Å². The van der Waals surface area contributed by atoms with Crippen molar-refractivity contribution in [2.75, 3.05) is 0 Å². The van der Waals surface area contributed by atoms with Crippen LogP contribution < -0.4 is 0 Å². The van der Waals surface area contributed by atoms with Crippen molar-refractivity contribution in [1.82, 2.24) is 0 Å². The average molecular weight is 226 g/mol. The SMILES string of the molecule is C=CCc1cc(CC)cc(CC=C)c1CC=C. The zero-order chi connectivity index (χ0) is 12.7. The van der Waals surface area contributed by atoms with E-state index in [2.05, 4.69) is 38.8 Å². The lowest BCUT2D eigenvalue weighted by molar-refractivity contribution is 1.04. The molecule has 0 heteroatoms. The van der Waals surface area contributed by atoms with Crippen molar-refractivity contribution in [3.63, 3.8) is 0 Å². The second-order valence-corrected chi connectivity index (χ2v) is 4.22. The molecule has 0 bridgehead atoms. The van der Waals surface area contributed by atoms with Gasteiger partial charge in [-0.1, -0.05) is 37.3 Å². The van der Waals surface area contributed by atoms with Gasteiger partial charge < -0.3 is 0 Å². The molecule has 0 spiro atoms. The molecule has 0 aliphatic heterocycles. The number of hydrogen-bond donors (Lipinski definition) is 0. The van der Waals surface area contributed by atoms with E-state index in [1.54, 1.807) is 0 Å². The number of benzene rings is 1. The Morgan fingerprint density at radius 2 is 1.35 bits per heavy atom. The Morgan fingerprint density at radius 1 is 0.882 bits per heavy atom. The van der Waals surface area contributed by atoms with Gasteiger partial charge in [0.25, 0.3) is 0 Å². The van der Waals surface area contributed by atoms with Crippen LogP contribution in [0.1, 0.15) is 29.2 Å². The number of rotatable bonds is 7. The van der Waals surface area contributed by atoms with E-state index in [1.165, 1.54) is 22.3 Å². The monoisotopic (exact) mass is 226 g/mol. The number of aryl methyl sites for hydroxylation is 1. The van der Waals surface area contributed by atoms with E-state index in [4.69, 9.17) is 0 Å². The minimum absolute atomic E-state index is 0.927. The van der Waals surface area contributed by atoms with Gasteiger partial charge in [-0.3, -0.25) is 0 Å². The summed E-state index contributed by atoms with van der Waals surface area (Å²) in [5, 5.41) is 0. The Hall–Kier alpha value is -1.56. The Bertz CT molecular complexity index is 379. The molecule has 0 aromatic heterocycles. The van der Waals surface area contributed by atoms with E-state index in [0.717, 1.165) is 25.7 Å². The van der Waals surface area contributed by atoms with E-state index in [9.17, 15) is 0 Å². The number of hydrogen-bond acceptors (Lipinski definition) is 0. The predicted molar refractivity (Wildman–Crippen MR) is 77.5 cm³/mol. The van der Waals surface area contributed by atoms with Gasteiger partial charge in [0.15, 0.2) is 0 Å². The van der Waals surface area contributed by atoms with Crippen LogP contribution in [0, 0.1) is 0 Å². The van der Waals surface area contributed by atoms with Crippen molar-refractivity contribution in [3.05, 3.63) is 72.4 Å². The van der Waals surface area contributed by atoms with E-state index < -0.39 is 0 Å². The standard InChI is InChI=1S/C17H22/c1-5-9-15-12-14(8-4)13-16(10-6-2)17(15)11-7-3/h5-7,12-13H,1-3,8-11H2,4H3. The smallest absolute Gasteiger partial charge is 0.00944 e. The van der Waals surface area contributed by atoms with Gasteiger partial charge in [-0.05, 0) is 47.9 Å². The van der Waals surface area contributed by atoms with Crippen LogP contribution in [-0.2, 0) is 25.7 Å². The van der Waals surface area contributed by atoms with E-state index in [0.29, 0.717) is 0 Å². The minimum Gasteiger partial charge on any atom is -0.103 e. The molecule has 0 unspecified atom stereocenters. The van der Waals surface area contributed by atoms with Crippen molar-refractivity contribution in [2.24, 2.45) is 0 Å². The largest absolute Gasteiger partial charge is 0.103 e. The molecule has 1 rings (SSSR count). The Morgan fingerprint density at radius 3 is 1.71 bits per heavy atom. The summed E-state index contributed by atoms with van der Waals surface area (Å²) < 4.78 is 0. The van der Waals surface area contributed by atoms with Crippen molar-refractivity contribution < 1.29 is 0 Å². The van der Waals surface area contributed by atoms with Crippen LogP contribution in [0.25, 0.3) is 0 Å². The second kappa shape index (κ2) is 6.90. The molecule has 0 aliphatic carbocycles. The first-order chi connectivity index (χ1) is 8.26. The van der Waals surface area contributed by atoms with Crippen molar-refractivity contribution in [3.8, 4) is 0 Å². The van der Waals surface area contributed by atoms with Crippen LogP contribution in [0.5, 0.6) is 0 Å². The molecule has 0 saturated carbocycles. The first-order valence-corrected chi connectivity index (χ1v) is 6.23. The van der Waals surface area contributed by atoms with E-state index in [1.807, 2.05) is 18.2 Å². The molecule has 0 N–H and O–H groups in total. The zero-order valence-electron chi connectivity index (χ0n) is 10.8. The third kappa shape index (κ3) is 3.45. The van der Waals surface area contributed by atoms with Gasteiger partial charge in [0.1, 0.15) is 0 Å². The molecule has 0 heterocycles. The van der Waals surface area contributed by atoms with E-state index in [-0.39, 0.29) is 0 Å². The molecule has 1 aromatic rings. The maximum Gasteiger partial charge on any atom is -0.00944 e. The third-order valence-corrected chi connectivity index (χ3v) is 2.98. The lowest BCUT2D eigenvalue weighted by Crippen LogP contribution is -2.01. The maximum atomic E-state index is 3.85. The zero-order valence-corrected chi connectivity index (χ0v) is 10.8. The molecule has 0 radical (unpaired) electrons.